The third-order valence-corrected chi connectivity index (χ3v) is 4.91. The van der Waals surface area contributed by atoms with Gasteiger partial charge in [0.25, 0.3) is 0 Å². The number of hydrogen-bond donors (Lipinski definition) is 0. The zero-order valence-electron chi connectivity index (χ0n) is 9.41. The van der Waals surface area contributed by atoms with E-state index in [-0.39, 0.29) is 0 Å². The molecular weight excluding hydrogens is 428 g/mol. The molecule has 5 heteroatoms. The van der Waals surface area contributed by atoms with Gasteiger partial charge in [0.1, 0.15) is 17.2 Å². The van der Waals surface area contributed by atoms with Crippen LogP contribution < -0.4 is 9.47 Å². The fraction of sp³-hybridized carbons (Fsp3) is 0.0769. The molecule has 0 heterocycles. The van der Waals surface area contributed by atoms with Gasteiger partial charge in [-0.15, -0.1) is 0 Å². The maximum absolute atomic E-state index is 5.79. The average molecular weight is 437 g/mol. The summed E-state index contributed by atoms with van der Waals surface area (Å²) >= 11 is 10.3. The van der Waals surface area contributed by atoms with Gasteiger partial charge in [-0.25, -0.2) is 0 Å². The summed E-state index contributed by atoms with van der Waals surface area (Å²) in [7, 11) is 1.63. The molecule has 2 aromatic rings. The van der Waals surface area contributed by atoms with Gasteiger partial charge in [-0.3, -0.25) is 0 Å². The van der Waals surface area contributed by atoms with Gasteiger partial charge in [0.05, 0.1) is 16.1 Å². The van der Waals surface area contributed by atoms with E-state index >= 15 is 0 Å². The Balaban J connectivity index is 2.29. The highest BCUT2D eigenvalue weighted by atomic mass is 79.9. The minimum absolute atomic E-state index is 0.727. The fourth-order valence-electron chi connectivity index (χ4n) is 1.38. The lowest BCUT2D eigenvalue weighted by molar-refractivity contribution is 0.409. The zero-order valence-corrected chi connectivity index (χ0v) is 14.2. The highest BCUT2D eigenvalue weighted by Gasteiger charge is 2.11. The highest BCUT2D eigenvalue weighted by Crippen LogP contribution is 2.40. The molecule has 0 radical (unpaired) electrons. The summed E-state index contributed by atoms with van der Waals surface area (Å²) in [5, 5.41) is 0. The number of rotatable bonds is 3. The van der Waals surface area contributed by atoms with Crippen molar-refractivity contribution in [1.29, 1.82) is 0 Å². The van der Waals surface area contributed by atoms with Gasteiger partial charge in [-0.2, -0.15) is 0 Å². The normalized spacial score (nSPS) is 10.2. The molecule has 0 N–H and O–H groups in total. The van der Waals surface area contributed by atoms with Gasteiger partial charge in [0.2, 0.25) is 0 Å². The number of ether oxygens (including phenoxy) is 2. The summed E-state index contributed by atoms with van der Waals surface area (Å²) in [6, 6.07) is 11.4. The van der Waals surface area contributed by atoms with Crippen LogP contribution in [-0.4, -0.2) is 7.11 Å². The molecule has 0 atom stereocenters. The smallest absolute Gasteiger partial charge is 0.143 e. The lowest BCUT2D eigenvalue weighted by Gasteiger charge is -2.11. The van der Waals surface area contributed by atoms with Crippen molar-refractivity contribution in [2.24, 2.45) is 0 Å². The first-order valence-corrected chi connectivity index (χ1v) is 7.45. The van der Waals surface area contributed by atoms with Crippen molar-refractivity contribution in [3.05, 3.63) is 49.8 Å². The zero-order chi connectivity index (χ0) is 13.1. The molecule has 0 saturated carbocycles. The first-order chi connectivity index (χ1) is 8.61. The van der Waals surface area contributed by atoms with Crippen LogP contribution in [0.1, 0.15) is 0 Å². The van der Waals surface area contributed by atoms with Gasteiger partial charge < -0.3 is 9.47 Å². The minimum atomic E-state index is 0.727. The monoisotopic (exact) mass is 434 g/mol. The molecule has 0 aromatic heterocycles. The Bertz CT molecular complexity index is 553. The lowest BCUT2D eigenvalue weighted by Crippen LogP contribution is -1.89. The van der Waals surface area contributed by atoms with Crippen LogP contribution >= 0.6 is 47.8 Å². The van der Waals surface area contributed by atoms with Crippen molar-refractivity contribution in [2.75, 3.05) is 7.11 Å². The first kappa shape index (κ1) is 13.9. The fourth-order valence-corrected chi connectivity index (χ4v) is 2.54. The summed E-state index contributed by atoms with van der Waals surface area (Å²) in [4.78, 5) is 0. The van der Waals surface area contributed by atoms with Gasteiger partial charge in [-0.1, -0.05) is 15.9 Å². The van der Waals surface area contributed by atoms with Crippen LogP contribution in [0.2, 0.25) is 0 Å². The number of methoxy groups -OCH3 is 1. The van der Waals surface area contributed by atoms with Gasteiger partial charge >= 0.3 is 0 Å². The molecule has 0 bridgehead atoms. The molecule has 2 aromatic carbocycles. The van der Waals surface area contributed by atoms with Gasteiger partial charge in [0, 0.05) is 4.47 Å². The van der Waals surface area contributed by atoms with Crippen LogP contribution in [-0.2, 0) is 0 Å². The molecular formula is C13H9Br3O2. The summed E-state index contributed by atoms with van der Waals surface area (Å²) in [5.41, 5.74) is 0. The Hall–Kier alpha value is -0.520. The molecule has 0 fully saturated rings. The van der Waals surface area contributed by atoms with Crippen molar-refractivity contribution < 1.29 is 9.47 Å². The average Bonchev–Trinajstić information content (AvgIpc) is 2.38. The van der Waals surface area contributed by atoms with Crippen LogP contribution in [0.4, 0.5) is 0 Å². The number of hydrogen-bond acceptors (Lipinski definition) is 2. The molecule has 0 aliphatic carbocycles. The van der Waals surface area contributed by atoms with E-state index in [9.17, 15) is 0 Å². The first-order valence-electron chi connectivity index (χ1n) is 5.07. The Morgan fingerprint density at radius 3 is 1.94 bits per heavy atom. The Morgan fingerprint density at radius 2 is 1.33 bits per heavy atom. The van der Waals surface area contributed by atoms with Crippen molar-refractivity contribution in [2.45, 2.75) is 0 Å². The van der Waals surface area contributed by atoms with Crippen molar-refractivity contribution in [3.63, 3.8) is 0 Å². The van der Waals surface area contributed by atoms with E-state index in [1.807, 2.05) is 36.4 Å². The van der Waals surface area contributed by atoms with E-state index in [1.54, 1.807) is 7.11 Å². The quantitative estimate of drug-likeness (QED) is 0.607. The molecule has 0 amide bonds. The molecule has 94 valence electrons. The van der Waals surface area contributed by atoms with Crippen molar-refractivity contribution in [1.82, 2.24) is 0 Å². The van der Waals surface area contributed by atoms with E-state index in [2.05, 4.69) is 47.8 Å². The van der Waals surface area contributed by atoms with Crippen LogP contribution in [0.15, 0.2) is 49.8 Å². The molecule has 18 heavy (non-hydrogen) atoms. The van der Waals surface area contributed by atoms with E-state index < -0.39 is 0 Å². The van der Waals surface area contributed by atoms with Crippen LogP contribution in [0.25, 0.3) is 0 Å². The van der Waals surface area contributed by atoms with Gasteiger partial charge in [0.15, 0.2) is 0 Å². The van der Waals surface area contributed by atoms with Crippen molar-refractivity contribution in [3.8, 4) is 17.2 Å². The molecule has 2 nitrogen and oxygen atoms in total. The van der Waals surface area contributed by atoms with E-state index in [4.69, 9.17) is 9.47 Å². The summed E-state index contributed by atoms with van der Waals surface area (Å²) in [6.45, 7) is 0. The summed E-state index contributed by atoms with van der Waals surface area (Å²) in [6.07, 6.45) is 0. The number of halogens is 3. The van der Waals surface area contributed by atoms with E-state index in [1.165, 1.54) is 0 Å². The molecule has 0 saturated heterocycles. The second-order valence-corrected chi connectivity index (χ2v) is 5.95. The molecule has 2 rings (SSSR count). The highest BCUT2D eigenvalue weighted by molar-refractivity contribution is 9.13. The maximum atomic E-state index is 5.79. The standard InChI is InChI=1S/C13H9Br3O2/c1-17-10-6-7-11(13(16)12(10)15)18-9-4-2-8(14)3-5-9/h2-7H,1H3. The van der Waals surface area contributed by atoms with Crippen LogP contribution in [0.3, 0.4) is 0 Å². The van der Waals surface area contributed by atoms with Gasteiger partial charge in [-0.05, 0) is 68.3 Å². The number of benzene rings is 2. The second-order valence-electron chi connectivity index (χ2n) is 3.45. The Kier molecular flexibility index (Phi) is 4.70. The Labute approximate surface area is 131 Å². The minimum Gasteiger partial charge on any atom is -0.496 e. The molecule has 0 unspecified atom stereocenters. The van der Waals surface area contributed by atoms with Crippen LogP contribution in [0, 0.1) is 0 Å². The predicted octanol–water partition coefficient (Wildman–Crippen LogP) is 5.78. The maximum Gasteiger partial charge on any atom is 0.143 e. The van der Waals surface area contributed by atoms with Crippen LogP contribution in [0.5, 0.6) is 17.2 Å². The second kappa shape index (κ2) is 6.08. The third kappa shape index (κ3) is 3.08. The topological polar surface area (TPSA) is 18.5 Å². The third-order valence-electron chi connectivity index (χ3n) is 2.27. The Morgan fingerprint density at radius 1 is 0.778 bits per heavy atom. The molecule has 0 aliphatic rings. The summed E-state index contributed by atoms with van der Waals surface area (Å²) in [5.74, 6) is 2.26. The summed E-state index contributed by atoms with van der Waals surface area (Å²) < 4.78 is 13.7. The lowest BCUT2D eigenvalue weighted by atomic mass is 10.3. The van der Waals surface area contributed by atoms with Crippen molar-refractivity contribution >= 4 is 47.8 Å². The van der Waals surface area contributed by atoms with E-state index in [0.29, 0.717) is 0 Å². The SMILES string of the molecule is COc1ccc(Oc2ccc(Br)cc2)c(Br)c1Br. The molecule has 0 spiro atoms. The molecule has 0 aliphatic heterocycles. The van der Waals surface area contributed by atoms with E-state index in [0.717, 1.165) is 30.7 Å². The predicted molar refractivity (Wildman–Crippen MR) is 82.6 cm³/mol. The largest absolute Gasteiger partial charge is 0.496 e.